The lowest BCUT2D eigenvalue weighted by Crippen LogP contribution is -2.56. The van der Waals surface area contributed by atoms with E-state index in [4.69, 9.17) is 4.74 Å². The molecule has 0 aliphatic rings. The molecular formula is C33H52N2O4. The molecule has 0 radical (unpaired) electrons. The number of benzene rings is 2. The minimum Gasteiger partial charge on any atom is -0.442 e. The van der Waals surface area contributed by atoms with E-state index in [0.717, 1.165) is 11.1 Å². The minimum absolute atomic E-state index is 0.00824. The van der Waals surface area contributed by atoms with E-state index in [1.165, 1.54) is 0 Å². The van der Waals surface area contributed by atoms with Gasteiger partial charge in [-0.25, -0.2) is 4.79 Å². The van der Waals surface area contributed by atoms with Gasteiger partial charge in [-0.3, -0.25) is 4.90 Å². The number of carbonyl (C=O) groups is 1. The molecule has 0 aliphatic carbocycles. The molecule has 0 saturated heterocycles. The van der Waals surface area contributed by atoms with Crippen LogP contribution in [-0.2, 0) is 17.8 Å². The van der Waals surface area contributed by atoms with Crippen molar-refractivity contribution < 1.29 is 19.7 Å². The van der Waals surface area contributed by atoms with Crippen molar-refractivity contribution in [3.63, 3.8) is 0 Å². The van der Waals surface area contributed by atoms with Gasteiger partial charge in [0.15, 0.2) is 0 Å². The van der Waals surface area contributed by atoms with Crippen molar-refractivity contribution in [2.24, 2.45) is 17.8 Å². The fraction of sp³-hybridized carbons (Fsp3) is 0.606. The lowest BCUT2D eigenvalue weighted by atomic mass is 9.83. The first-order valence-electron chi connectivity index (χ1n) is 14.6. The second-order valence-electron chi connectivity index (χ2n) is 12.1. The summed E-state index contributed by atoms with van der Waals surface area (Å²) in [6.07, 6.45) is -1.57. The van der Waals surface area contributed by atoms with Gasteiger partial charge in [0, 0.05) is 37.7 Å². The Morgan fingerprint density at radius 3 is 1.62 bits per heavy atom. The minimum atomic E-state index is -1.03. The van der Waals surface area contributed by atoms with E-state index in [9.17, 15) is 15.0 Å². The van der Waals surface area contributed by atoms with Crippen molar-refractivity contribution in [3.05, 3.63) is 71.8 Å². The summed E-state index contributed by atoms with van der Waals surface area (Å²) in [6, 6.07) is 20.2. The lowest BCUT2D eigenvalue weighted by Gasteiger charge is -2.43. The number of amides is 1. The predicted molar refractivity (Wildman–Crippen MR) is 159 cm³/mol. The van der Waals surface area contributed by atoms with E-state index in [0.29, 0.717) is 19.5 Å². The largest absolute Gasteiger partial charge is 0.442 e. The van der Waals surface area contributed by atoms with Gasteiger partial charge in [-0.05, 0) is 57.1 Å². The smallest absolute Gasteiger partial charge is 0.410 e. The Morgan fingerprint density at radius 2 is 1.26 bits per heavy atom. The van der Waals surface area contributed by atoms with Crippen LogP contribution in [0.15, 0.2) is 60.7 Å². The van der Waals surface area contributed by atoms with Crippen LogP contribution in [0, 0.1) is 17.8 Å². The zero-order chi connectivity index (χ0) is 29.1. The van der Waals surface area contributed by atoms with Crippen molar-refractivity contribution in [1.82, 2.24) is 9.80 Å². The van der Waals surface area contributed by atoms with Gasteiger partial charge in [-0.1, -0.05) is 88.4 Å². The SMILES string of the molecule is CC(C)C[C@@H]([C@H](OC(=O)N(C(C)C)C(C)C)[C@H](O)[C@@H](CO)C(C)C)N(Cc1ccccc1)Cc1ccccc1. The van der Waals surface area contributed by atoms with Crippen LogP contribution in [0.5, 0.6) is 0 Å². The first-order valence-corrected chi connectivity index (χ1v) is 14.6. The molecule has 2 N–H and O–H groups in total. The Labute approximate surface area is 237 Å². The van der Waals surface area contributed by atoms with Gasteiger partial charge in [-0.2, -0.15) is 0 Å². The summed E-state index contributed by atoms with van der Waals surface area (Å²) in [7, 11) is 0. The van der Waals surface area contributed by atoms with Crippen LogP contribution in [0.3, 0.4) is 0 Å². The third-order valence-corrected chi connectivity index (χ3v) is 7.42. The lowest BCUT2D eigenvalue weighted by molar-refractivity contribution is -0.101. The normalized spacial score (nSPS) is 15.2. The molecule has 39 heavy (non-hydrogen) atoms. The zero-order valence-electron chi connectivity index (χ0n) is 25.3. The van der Waals surface area contributed by atoms with E-state index in [1.807, 2.05) is 77.9 Å². The maximum absolute atomic E-state index is 13.7. The summed E-state index contributed by atoms with van der Waals surface area (Å²) >= 11 is 0. The van der Waals surface area contributed by atoms with E-state index in [2.05, 4.69) is 43.0 Å². The van der Waals surface area contributed by atoms with Crippen molar-refractivity contribution >= 4 is 6.09 Å². The highest BCUT2D eigenvalue weighted by Gasteiger charge is 2.41. The quantitative estimate of drug-likeness (QED) is 0.275. The van der Waals surface area contributed by atoms with Crippen LogP contribution in [-0.4, -0.2) is 63.0 Å². The molecule has 0 saturated carbocycles. The van der Waals surface area contributed by atoms with Gasteiger partial charge in [0.25, 0.3) is 0 Å². The Morgan fingerprint density at radius 1 is 0.795 bits per heavy atom. The highest BCUT2D eigenvalue weighted by molar-refractivity contribution is 5.68. The van der Waals surface area contributed by atoms with E-state index in [-0.39, 0.29) is 36.6 Å². The fourth-order valence-corrected chi connectivity index (χ4v) is 5.43. The van der Waals surface area contributed by atoms with Gasteiger partial charge in [0.2, 0.25) is 0 Å². The topological polar surface area (TPSA) is 73.2 Å². The Hall–Kier alpha value is -2.41. The molecule has 0 fully saturated rings. The van der Waals surface area contributed by atoms with Crippen molar-refractivity contribution in [2.75, 3.05) is 6.61 Å². The van der Waals surface area contributed by atoms with Crippen molar-refractivity contribution in [3.8, 4) is 0 Å². The standard InChI is InChI=1S/C33H52N2O4/c1-23(2)19-30(34(20-27-15-11-9-12-16-27)21-28-17-13-10-14-18-28)32(31(37)29(22-36)24(3)4)39-33(38)35(25(5)6)26(7)8/h9-18,23-26,29-32,36-37H,19-22H2,1-8H3/t29-,30-,31+,32-/m0/s1. The second kappa shape index (κ2) is 16.0. The fourth-order valence-electron chi connectivity index (χ4n) is 5.43. The molecule has 0 unspecified atom stereocenters. The third-order valence-electron chi connectivity index (χ3n) is 7.42. The van der Waals surface area contributed by atoms with E-state index in [1.54, 1.807) is 4.90 Å². The molecular weight excluding hydrogens is 488 g/mol. The van der Waals surface area contributed by atoms with E-state index >= 15 is 0 Å². The number of aliphatic hydroxyl groups excluding tert-OH is 2. The number of carbonyl (C=O) groups excluding carboxylic acids is 1. The molecule has 0 bridgehead atoms. The predicted octanol–water partition coefficient (Wildman–Crippen LogP) is 6.35. The molecule has 2 rings (SSSR count). The number of hydrogen-bond donors (Lipinski definition) is 2. The molecule has 0 spiro atoms. The van der Waals surface area contributed by atoms with Crippen LogP contribution in [0.1, 0.15) is 72.9 Å². The first-order chi connectivity index (χ1) is 18.5. The Bertz CT molecular complexity index is 899. The van der Waals surface area contributed by atoms with E-state index < -0.39 is 24.2 Å². The van der Waals surface area contributed by atoms with Gasteiger partial charge in [0.05, 0.1) is 12.1 Å². The molecule has 1 amide bonds. The molecule has 2 aromatic carbocycles. The third kappa shape index (κ3) is 9.93. The number of hydrogen-bond acceptors (Lipinski definition) is 5. The summed E-state index contributed by atoms with van der Waals surface area (Å²) in [5.41, 5.74) is 2.30. The summed E-state index contributed by atoms with van der Waals surface area (Å²) < 4.78 is 6.33. The summed E-state index contributed by atoms with van der Waals surface area (Å²) in [4.78, 5) is 17.7. The number of rotatable bonds is 15. The monoisotopic (exact) mass is 540 g/mol. The van der Waals surface area contributed by atoms with Crippen molar-refractivity contribution in [1.29, 1.82) is 0 Å². The highest BCUT2D eigenvalue weighted by atomic mass is 16.6. The molecule has 0 heterocycles. The van der Waals surface area contributed by atoms with Gasteiger partial charge < -0.3 is 19.8 Å². The van der Waals surface area contributed by atoms with Crippen molar-refractivity contribution in [2.45, 2.75) is 105 Å². The molecule has 6 heteroatoms. The van der Waals surface area contributed by atoms with Gasteiger partial charge >= 0.3 is 6.09 Å². The number of ether oxygens (including phenoxy) is 1. The zero-order valence-corrected chi connectivity index (χ0v) is 25.3. The Balaban J connectivity index is 2.62. The molecule has 4 atom stereocenters. The maximum atomic E-state index is 13.7. The first kappa shape index (κ1) is 32.8. The maximum Gasteiger partial charge on any atom is 0.410 e. The molecule has 0 aromatic heterocycles. The molecule has 2 aromatic rings. The average molecular weight is 541 g/mol. The molecule has 218 valence electrons. The van der Waals surface area contributed by atoms with Gasteiger partial charge in [0.1, 0.15) is 6.10 Å². The summed E-state index contributed by atoms with van der Waals surface area (Å²) in [6.45, 7) is 17.3. The molecule has 0 aliphatic heterocycles. The summed E-state index contributed by atoms with van der Waals surface area (Å²) in [5, 5.41) is 22.1. The average Bonchev–Trinajstić information content (AvgIpc) is 2.86. The summed E-state index contributed by atoms with van der Waals surface area (Å²) in [5.74, 6) is -0.136. The number of nitrogens with zero attached hydrogens (tertiary/aromatic N) is 2. The van der Waals surface area contributed by atoms with Crippen LogP contribution < -0.4 is 0 Å². The van der Waals surface area contributed by atoms with Crippen LogP contribution in [0.25, 0.3) is 0 Å². The van der Waals surface area contributed by atoms with Crippen LogP contribution in [0.2, 0.25) is 0 Å². The second-order valence-corrected chi connectivity index (χ2v) is 12.1. The number of aliphatic hydroxyl groups is 2. The van der Waals surface area contributed by atoms with Crippen LogP contribution >= 0.6 is 0 Å². The highest BCUT2D eigenvalue weighted by Crippen LogP contribution is 2.30. The molecule has 6 nitrogen and oxygen atoms in total. The van der Waals surface area contributed by atoms with Crippen LogP contribution in [0.4, 0.5) is 4.79 Å². The van der Waals surface area contributed by atoms with Gasteiger partial charge in [-0.15, -0.1) is 0 Å². The Kier molecular flexibility index (Phi) is 13.5.